The van der Waals surface area contributed by atoms with Crippen LogP contribution in [0.3, 0.4) is 0 Å². The monoisotopic (exact) mass is 655 g/mol. The molecule has 6 atom stereocenters. The van der Waals surface area contributed by atoms with Crippen molar-refractivity contribution in [2.24, 2.45) is 11.8 Å². The van der Waals surface area contributed by atoms with Gasteiger partial charge in [0, 0.05) is 42.8 Å². The molecule has 43 heavy (non-hydrogen) atoms. The van der Waals surface area contributed by atoms with Gasteiger partial charge < -0.3 is 24.5 Å². The number of fused-ring (bicyclic) bond motifs is 1. The molecule has 234 valence electrons. The minimum atomic E-state index is -1.08. The molecule has 5 rings (SSSR count). The molecule has 3 heterocycles. The van der Waals surface area contributed by atoms with Crippen LogP contribution in [0.15, 0.2) is 55.6 Å². The fraction of sp³-hybridized carbons (Fsp3) is 0.618. The highest BCUT2D eigenvalue weighted by molar-refractivity contribution is 9.09. The van der Waals surface area contributed by atoms with Gasteiger partial charge in [0.15, 0.2) is 0 Å². The van der Waals surface area contributed by atoms with E-state index >= 15 is 0 Å². The molecule has 1 saturated carbocycles. The van der Waals surface area contributed by atoms with Crippen molar-refractivity contribution in [2.45, 2.75) is 92.8 Å². The molecule has 3 aliphatic heterocycles. The van der Waals surface area contributed by atoms with Gasteiger partial charge >= 0.3 is 0 Å². The van der Waals surface area contributed by atoms with Gasteiger partial charge in [0.25, 0.3) is 0 Å². The molecule has 4 fully saturated rings. The van der Waals surface area contributed by atoms with Crippen molar-refractivity contribution in [3.8, 4) is 0 Å². The first-order chi connectivity index (χ1) is 20.9. The second kappa shape index (κ2) is 14.1. The summed E-state index contributed by atoms with van der Waals surface area (Å²) >= 11 is 3.81. The third-order valence-corrected chi connectivity index (χ3v) is 10.7. The van der Waals surface area contributed by atoms with Gasteiger partial charge in [-0.3, -0.25) is 14.4 Å². The van der Waals surface area contributed by atoms with Crippen molar-refractivity contribution in [1.29, 1.82) is 0 Å². The smallest absolute Gasteiger partial charge is 0.248 e. The first-order valence-electron chi connectivity index (χ1n) is 16.0. The number of nitrogens with zero attached hydrogens (tertiary/aromatic N) is 3. The second-order valence-corrected chi connectivity index (χ2v) is 13.7. The summed E-state index contributed by atoms with van der Waals surface area (Å²) in [5.74, 6) is -1.88. The summed E-state index contributed by atoms with van der Waals surface area (Å²) in [5.41, 5.74) is -0.341. The molecule has 8 nitrogen and oxygen atoms in total. The number of para-hydroxylation sites is 1. The normalized spacial score (nSPS) is 29.9. The molecule has 1 aliphatic carbocycles. The van der Waals surface area contributed by atoms with Crippen LogP contribution in [0.5, 0.6) is 0 Å². The van der Waals surface area contributed by atoms with Crippen molar-refractivity contribution in [2.75, 3.05) is 31.1 Å². The summed E-state index contributed by atoms with van der Waals surface area (Å²) in [7, 11) is 0. The van der Waals surface area contributed by atoms with Gasteiger partial charge in [-0.05, 0) is 44.2 Å². The highest BCUT2D eigenvalue weighted by Crippen LogP contribution is 2.60. The Bertz CT molecular complexity index is 1170. The van der Waals surface area contributed by atoms with Crippen LogP contribution < -0.4 is 4.90 Å². The van der Waals surface area contributed by atoms with E-state index in [9.17, 15) is 19.5 Å². The van der Waals surface area contributed by atoms with Crippen molar-refractivity contribution >= 4 is 39.3 Å². The number of anilines is 1. The summed E-state index contributed by atoms with van der Waals surface area (Å²) in [5, 5.41) is 9.23. The van der Waals surface area contributed by atoms with Crippen LogP contribution in [0, 0.1) is 11.8 Å². The molecule has 1 aromatic carbocycles. The Hall–Kier alpha value is -2.49. The topological polar surface area (TPSA) is 90.4 Å². The molecule has 3 unspecified atom stereocenters. The molecule has 1 N–H and O–H groups in total. The average Bonchev–Trinajstić information content (AvgIpc) is 3.62. The lowest BCUT2D eigenvalue weighted by Crippen LogP contribution is -2.59. The predicted molar refractivity (Wildman–Crippen MR) is 171 cm³/mol. The van der Waals surface area contributed by atoms with E-state index < -0.39 is 29.6 Å². The Morgan fingerprint density at radius 3 is 2.40 bits per heavy atom. The van der Waals surface area contributed by atoms with E-state index in [-0.39, 0.29) is 35.2 Å². The van der Waals surface area contributed by atoms with Crippen LogP contribution in [0.4, 0.5) is 5.69 Å². The largest absolute Gasteiger partial charge is 0.396 e. The number of likely N-dealkylation sites (tertiary alicyclic amines) is 1. The third kappa shape index (κ3) is 5.97. The number of carbonyl (C=O) groups excluding carboxylic acids is 3. The SMILES string of the molecule is C=CCN(C(=O)[C@H]1[C@H]2C(=O)N(CCCCCCO)C(C(=O)N(CC=C)C3CCCCC3)C23CC(Br)[C@@H]1O3)c1ccccc1. The number of amides is 3. The number of aliphatic hydroxyl groups is 1. The maximum Gasteiger partial charge on any atom is 0.248 e. The average molecular weight is 657 g/mol. The highest BCUT2D eigenvalue weighted by atomic mass is 79.9. The fourth-order valence-electron chi connectivity index (χ4n) is 8.03. The molecule has 0 radical (unpaired) electrons. The first-order valence-corrected chi connectivity index (χ1v) is 16.9. The first kappa shape index (κ1) is 31.9. The highest BCUT2D eigenvalue weighted by Gasteiger charge is 2.77. The van der Waals surface area contributed by atoms with Crippen molar-refractivity contribution in [3.05, 3.63) is 55.6 Å². The van der Waals surface area contributed by atoms with Crippen LogP contribution in [0.2, 0.25) is 0 Å². The minimum Gasteiger partial charge on any atom is -0.396 e. The number of ether oxygens (including phenoxy) is 1. The zero-order chi connectivity index (χ0) is 30.6. The lowest BCUT2D eigenvalue weighted by atomic mass is 9.70. The number of alkyl halides is 1. The summed E-state index contributed by atoms with van der Waals surface area (Å²) in [6.07, 6.45) is 11.8. The second-order valence-electron chi connectivity index (χ2n) is 12.5. The van der Waals surface area contributed by atoms with E-state index in [4.69, 9.17) is 4.74 Å². The van der Waals surface area contributed by atoms with E-state index in [0.29, 0.717) is 32.5 Å². The number of rotatable bonds is 14. The van der Waals surface area contributed by atoms with Gasteiger partial charge in [0.1, 0.15) is 11.6 Å². The van der Waals surface area contributed by atoms with Gasteiger partial charge in [-0.2, -0.15) is 0 Å². The molecular formula is C34H46BrN3O5. The van der Waals surface area contributed by atoms with Gasteiger partial charge in [0.05, 0.1) is 17.9 Å². The molecule has 3 amide bonds. The molecular weight excluding hydrogens is 610 g/mol. The maximum absolute atomic E-state index is 14.7. The van der Waals surface area contributed by atoms with Crippen molar-refractivity contribution in [3.63, 3.8) is 0 Å². The number of aliphatic hydroxyl groups excluding tert-OH is 1. The van der Waals surface area contributed by atoms with E-state index in [1.54, 1.807) is 22.0 Å². The van der Waals surface area contributed by atoms with Crippen LogP contribution in [0.1, 0.15) is 64.2 Å². The lowest BCUT2D eigenvalue weighted by Gasteiger charge is -2.41. The Balaban J connectivity index is 1.51. The molecule has 3 saturated heterocycles. The summed E-state index contributed by atoms with van der Waals surface area (Å²) in [4.78, 5) is 48.9. The Labute approximate surface area is 264 Å². The van der Waals surface area contributed by atoms with Gasteiger partial charge in [-0.15, -0.1) is 13.2 Å². The standard InChI is InChI=1S/C34H46BrN3O5/c1-3-19-36(24-15-9-7-10-16-24)31(40)27-28-32(41)38(21-13-5-6-14-22-39)30(34(28)23-26(35)29(27)43-34)33(42)37(20-4-2)25-17-11-8-12-18-25/h3-4,7,9-10,15-16,25-30,39H,1-2,5-6,8,11-14,17-23H2/t26?,27-,28-,29-,30?,34?/m0/s1. The molecule has 9 heteroatoms. The Kier molecular flexibility index (Phi) is 10.5. The minimum absolute atomic E-state index is 0.0857. The van der Waals surface area contributed by atoms with Crippen molar-refractivity contribution < 1.29 is 24.2 Å². The zero-order valence-electron chi connectivity index (χ0n) is 25.1. The van der Waals surface area contributed by atoms with E-state index in [0.717, 1.165) is 50.6 Å². The quantitative estimate of drug-likeness (QED) is 0.176. The zero-order valence-corrected chi connectivity index (χ0v) is 26.7. The molecule has 2 bridgehead atoms. The van der Waals surface area contributed by atoms with Crippen LogP contribution in [0.25, 0.3) is 0 Å². The third-order valence-electron chi connectivity index (χ3n) is 9.89. The summed E-state index contributed by atoms with van der Waals surface area (Å²) < 4.78 is 6.80. The number of unbranched alkanes of at least 4 members (excludes halogenated alkanes) is 3. The van der Waals surface area contributed by atoms with Crippen LogP contribution in [-0.4, -0.2) is 87.5 Å². The summed E-state index contributed by atoms with van der Waals surface area (Å²) in [6, 6.07) is 8.76. The van der Waals surface area contributed by atoms with E-state index in [1.165, 1.54) is 6.42 Å². The van der Waals surface area contributed by atoms with Crippen LogP contribution in [-0.2, 0) is 19.1 Å². The van der Waals surface area contributed by atoms with E-state index in [2.05, 4.69) is 29.1 Å². The van der Waals surface area contributed by atoms with E-state index in [1.807, 2.05) is 35.2 Å². The Morgan fingerprint density at radius 1 is 1.02 bits per heavy atom. The molecule has 1 aromatic rings. The van der Waals surface area contributed by atoms with Gasteiger partial charge in [-0.1, -0.05) is 78.4 Å². The number of carbonyl (C=O) groups is 3. The van der Waals surface area contributed by atoms with Crippen LogP contribution >= 0.6 is 15.9 Å². The Morgan fingerprint density at radius 2 is 1.72 bits per heavy atom. The van der Waals surface area contributed by atoms with Gasteiger partial charge in [-0.25, -0.2) is 0 Å². The fourth-order valence-corrected chi connectivity index (χ4v) is 8.97. The lowest BCUT2D eigenvalue weighted by molar-refractivity contribution is -0.150. The number of benzene rings is 1. The predicted octanol–water partition coefficient (Wildman–Crippen LogP) is 4.85. The summed E-state index contributed by atoms with van der Waals surface area (Å²) in [6.45, 7) is 9.11. The number of hydrogen-bond acceptors (Lipinski definition) is 5. The number of halogens is 1. The maximum atomic E-state index is 14.7. The molecule has 1 spiro atoms. The van der Waals surface area contributed by atoms with Gasteiger partial charge in [0.2, 0.25) is 17.7 Å². The molecule has 4 aliphatic rings. The molecule has 0 aromatic heterocycles. The van der Waals surface area contributed by atoms with Crippen molar-refractivity contribution in [1.82, 2.24) is 9.80 Å². The number of hydrogen-bond donors (Lipinski definition) is 1.